The normalized spacial score (nSPS) is 21.8. The van der Waals surface area contributed by atoms with Crippen molar-refractivity contribution in [1.29, 1.82) is 0 Å². The summed E-state index contributed by atoms with van der Waals surface area (Å²) in [6, 6.07) is 9.67. The maximum absolute atomic E-state index is 12.0. The van der Waals surface area contributed by atoms with E-state index in [2.05, 4.69) is 0 Å². The van der Waals surface area contributed by atoms with Crippen LogP contribution in [0.25, 0.3) is 0 Å². The smallest absolute Gasteiger partial charge is 0.212 e. The maximum Gasteiger partial charge on any atom is 0.214 e. The molecular weight excluding hydrogens is 258 g/mol. The number of nitrogens with zero attached hydrogens (tertiary/aromatic N) is 1. The summed E-state index contributed by atoms with van der Waals surface area (Å²) >= 11 is 5.92. The van der Waals surface area contributed by atoms with Gasteiger partial charge in [0.05, 0.1) is 5.75 Å². The maximum atomic E-state index is 12.0. The van der Waals surface area contributed by atoms with Crippen molar-refractivity contribution in [3.63, 3.8) is 0 Å². The van der Waals surface area contributed by atoms with Gasteiger partial charge in [0.2, 0.25) is 10.0 Å². The highest BCUT2D eigenvalue weighted by atomic mass is 35.5. The fraction of sp³-hybridized carbons (Fsp3) is 0.500. The zero-order chi connectivity index (χ0) is 12.3. The van der Waals surface area contributed by atoms with Gasteiger partial charge in [0, 0.05) is 18.5 Å². The molecule has 0 amide bonds. The molecule has 0 bridgehead atoms. The average molecular weight is 274 g/mol. The van der Waals surface area contributed by atoms with Crippen LogP contribution >= 0.6 is 11.6 Å². The Balaban J connectivity index is 1.94. The zero-order valence-electron chi connectivity index (χ0n) is 9.55. The van der Waals surface area contributed by atoms with E-state index in [0.717, 1.165) is 12.0 Å². The Hall–Kier alpha value is -0.580. The molecule has 0 N–H and O–H groups in total. The van der Waals surface area contributed by atoms with Crippen molar-refractivity contribution in [1.82, 2.24) is 4.31 Å². The summed E-state index contributed by atoms with van der Waals surface area (Å²) in [6.07, 6.45) is 1.32. The molecular formula is C12H16ClNO2S. The lowest BCUT2D eigenvalue weighted by molar-refractivity contribution is 0.477. The molecule has 1 unspecified atom stereocenters. The van der Waals surface area contributed by atoms with Crippen LogP contribution in [-0.2, 0) is 16.4 Å². The van der Waals surface area contributed by atoms with Crippen molar-refractivity contribution in [2.75, 3.05) is 18.8 Å². The standard InChI is InChI=1S/C12H16ClNO2S/c13-12-6-8-14(10-12)17(15,16)9-7-11-4-2-1-3-5-11/h1-5,12H,6-10H2. The third kappa shape index (κ3) is 3.44. The first kappa shape index (κ1) is 12.9. The fourth-order valence-corrected chi connectivity index (χ4v) is 3.85. The molecule has 94 valence electrons. The second-order valence-electron chi connectivity index (χ2n) is 4.30. The molecule has 1 saturated heterocycles. The van der Waals surface area contributed by atoms with Crippen LogP contribution in [0.15, 0.2) is 30.3 Å². The minimum atomic E-state index is -3.14. The summed E-state index contributed by atoms with van der Waals surface area (Å²) in [6.45, 7) is 1.02. The number of hydrogen-bond donors (Lipinski definition) is 0. The fourth-order valence-electron chi connectivity index (χ4n) is 1.96. The third-order valence-corrected chi connectivity index (χ3v) is 5.17. The molecule has 5 heteroatoms. The predicted octanol–water partition coefficient (Wildman–Crippen LogP) is 1.87. The van der Waals surface area contributed by atoms with Crippen LogP contribution in [0.2, 0.25) is 0 Å². The number of aryl methyl sites for hydroxylation is 1. The Bertz CT molecular complexity index is 461. The number of benzene rings is 1. The Morgan fingerprint density at radius 3 is 2.59 bits per heavy atom. The largest absolute Gasteiger partial charge is 0.214 e. The Morgan fingerprint density at radius 1 is 1.29 bits per heavy atom. The molecule has 1 atom stereocenters. The molecule has 2 rings (SSSR count). The molecule has 0 spiro atoms. The van der Waals surface area contributed by atoms with Gasteiger partial charge in [-0.2, -0.15) is 0 Å². The molecule has 0 saturated carbocycles. The van der Waals surface area contributed by atoms with E-state index in [1.165, 1.54) is 4.31 Å². The lowest BCUT2D eigenvalue weighted by Crippen LogP contribution is -2.31. The summed E-state index contributed by atoms with van der Waals surface area (Å²) in [4.78, 5) is 0. The van der Waals surface area contributed by atoms with Gasteiger partial charge in [-0.25, -0.2) is 12.7 Å². The SMILES string of the molecule is O=S(=O)(CCc1ccccc1)N1CCC(Cl)C1. The molecule has 0 radical (unpaired) electrons. The van der Waals surface area contributed by atoms with Gasteiger partial charge >= 0.3 is 0 Å². The lowest BCUT2D eigenvalue weighted by atomic mass is 10.2. The van der Waals surface area contributed by atoms with Crippen molar-refractivity contribution in [3.05, 3.63) is 35.9 Å². The molecule has 17 heavy (non-hydrogen) atoms. The number of rotatable bonds is 4. The van der Waals surface area contributed by atoms with Crippen LogP contribution in [0.5, 0.6) is 0 Å². The minimum absolute atomic E-state index is 0.0264. The van der Waals surface area contributed by atoms with E-state index in [9.17, 15) is 8.42 Å². The van der Waals surface area contributed by atoms with Gasteiger partial charge in [-0.1, -0.05) is 30.3 Å². The van der Waals surface area contributed by atoms with Crippen LogP contribution in [0.3, 0.4) is 0 Å². The molecule has 1 aromatic carbocycles. The molecule has 1 aliphatic rings. The molecule has 1 fully saturated rings. The van der Waals surface area contributed by atoms with E-state index in [1.54, 1.807) is 0 Å². The first-order chi connectivity index (χ1) is 8.08. The quantitative estimate of drug-likeness (QED) is 0.786. The van der Waals surface area contributed by atoms with E-state index >= 15 is 0 Å². The summed E-state index contributed by atoms with van der Waals surface area (Å²) < 4.78 is 25.5. The van der Waals surface area contributed by atoms with Gasteiger partial charge in [-0.3, -0.25) is 0 Å². The molecule has 1 aliphatic heterocycles. The van der Waals surface area contributed by atoms with E-state index < -0.39 is 10.0 Å². The number of alkyl halides is 1. The van der Waals surface area contributed by atoms with Crippen molar-refractivity contribution < 1.29 is 8.42 Å². The van der Waals surface area contributed by atoms with Gasteiger partial charge in [-0.15, -0.1) is 11.6 Å². The van der Waals surface area contributed by atoms with Crippen LogP contribution in [-0.4, -0.2) is 36.9 Å². The first-order valence-electron chi connectivity index (χ1n) is 5.74. The number of hydrogen-bond acceptors (Lipinski definition) is 2. The van der Waals surface area contributed by atoms with E-state index in [1.807, 2.05) is 30.3 Å². The Kier molecular flexibility index (Phi) is 4.07. The highest BCUT2D eigenvalue weighted by molar-refractivity contribution is 7.89. The second-order valence-corrected chi connectivity index (χ2v) is 7.00. The monoisotopic (exact) mass is 273 g/mol. The van der Waals surface area contributed by atoms with Gasteiger partial charge in [-0.05, 0) is 18.4 Å². The number of sulfonamides is 1. The van der Waals surface area contributed by atoms with Crippen LogP contribution in [0, 0.1) is 0 Å². The minimum Gasteiger partial charge on any atom is -0.212 e. The molecule has 0 aromatic heterocycles. The van der Waals surface area contributed by atoms with Crippen molar-refractivity contribution in [2.24, 2.45) is 0 Å². The van der Waals surface area contributed by atoms with E-state index in [4.69, 9.17) is 11.6 Å². The average Bonchev–Trinajstić information content (AvgIpc) is 2.76. The topological polar surface area (TPSA) is 37.4 Å². The molecule has 3 nitrogen and oxygen atoms in total. The predicted molar refractivity (Wildman–Crippen MR) is 69.8 cm³/mol. The van der Waals surface area contributed by atoms with Crippen molar-refractivity contribution in [2.45, 2.75) is 18.2 Å². The third-order valence-electron chi connectivity index (χ3n) is 2.98. The number of halogens is 1. The van der Waals surface area contributed by atoms with E-state index in [-0.39, 0.29) is 11.1 Å². The molecule has 1 aromatic rings. The summed E-state index contributed by atoms with van der Waals surface area (Å²) in [5, 5.41) is -0.0264. The van der Waals surface area contributed by atoms with Crippen molar-refractivity contribution in [3.8, 4) is 0 Å². The highest BCUT2D eigenvalue weighted by Gasteiger charge is 2.29. The van der Waals surface area contributed by atoms with Gasteiger partial charge < -0.3 is 0 Å². The van der Waals surface area contributed by atoms with E-state index in [0.29, 0.717) is 19.5 Å². The summed E-state index contributed by atoms with van der Waals surface area (Å²) in [5.74, 6) is 0.167. The summed E-state index contributed by atoms with van der Waals surface area (Å²) in [5.41, 5.74) is 1.05. The van der Waals surface area contributed by atoms with Gasteiger partial charge in [0.1, 0.15) is 0 Å². The second kappa shape index (κ2) is 5.38. The molecule has 1 heterocycles. The Morgan fingerprint density at radius 2 is 2.00 bits per heavy atom. The zero-order valence-corrected chi connectivity index (χ0v) is 11.1. The highest BCUT2D eigenvalue weighted by Crippen LogP contribution is 2.18. The summed E-state index contributed by atoms with van der Waals surface area (Å²) in [7, 11) is -3.14. The first-order valence-corrected chi connectivity index (χ1v) is 7.78. The lowest BCUT2D eigenvalue weighted by Gasteiger charge is -2.15. The van der Waals surface area contributed by atoms with Crippen LogP contribution in [0.4, 0.5) is 0 Å². The van der Waals surface area contributed by atoms with Crippen LogP contribution in [0.1, 0.15) is 12.0 Å². The van der Waals surface area contributed by atoms with Gasteiger partial charge in [0.15, 0.2) is 0 Å². The van der Waals surface area contributed by atoms with Crippen molar-refractivity contribution >= 4 is 21.6 Å². The molecule has 0 aliphatic carbocycles. The van der Waals surface area contributed by atoms with Gasteiger partial charge in [0.25, 0.3) is 0 Å². The Labute approximate surface area is 107 Å². The van der Waals surface area contributed by atoms with Crippen LogP contribution < -0.4 is 0 Å².